The van der Waals surface area contributed by atoms with Gasteiger partial charge in [0.2, 0.25) is 0 Å². The Morgan fingerprint density at radius 3 is 2.45 bits per heavy atom. The van der Waals surface area contributed by atoms with Gasteiger partial charge in [-0.2, -0.15) is 11.8 Å². The molecule has 0 aliphatic carbocycles. The maximum absolute atomic E-state index is 12.0. The van der Waals surface area contributed by atoms with Crippen molar-refractivity contribution in [3.8, 4) is 0 Å². The van der Waals surface area contributed by atoms with Gasteiger partial charge in [0, 0.05) is 32.6 Å². The Bertz CT molecular complexity index is 646. The Balaban J connectivity index is 1.76. The summed E-state index contributed by atoms with van der Waals surface area (Å²) in [5.74, 6) is 1.44. The van der Waals surface area contributed by atoms with Crippen LogP contribution in [0.25, 0.3) is 0 Å². The van der Waals surface area contributed by atoms with Crippen LogP contribution in [0.4, 0.5) is 0 Å². The molecule has 0 atom stereocenters. The third-order valence-electron chi connectivity index (χ3n) is 2.96. The number of carbonyl (C=O) groups is 1. The topological polar surface area (TPSA) is 29.1 Å². The second kappa shape index (κ2) is 8.82. The first kappa shape index (κ1) is 17.7. The fourth-order valence-electron chi connectivity index (χ4n) is 1.82. The molecule has 0 saturated heterocycles. The van der Waals surface area contributed by atoms with Crippen molar-refractivity contribution in [3.63, 3.8) is 0 Å². The molecule has 0 saturated carbocycles. The van der Waals surface area contributed by atoms with Crippen LogP contribution < -0.4 is 5.32 Å². The summed E-state index contributed by atoms with van der Waals surface area (Å²) in [6, 6.07) is 12.9. The number of benzene rings is 2. The molecule has 0 aliphatic heterocycles. The van der Waals surface area contributed by atoms with Crippen molar-refractivity contribution in [2.24, 2.45) is 0 Å². The largest absolute Gasteiger partial charge is 0.351 e. The molecule has 22 heavy (non-hydrogen) atoms. The summed E-state index contributed by atoms with van der Waals surface area (Å²) in [5, 5.41) is 4.26. The highest BCUT2D eigenvalue weighted by Gasteiger charge is 2.08. The first-order valence-electron chi connectivity index (χ1n) is 6.63. The zero-order chi connectivity index (χ0) is 15.9. The van der Waals surface area contributed by atoms with Crippen molar-refractivity contribution >= 4 is 56.8 Å². The average molecular weight is 419 g/mol. The SMILES string of the molecule is O=C(NCCSCc1c(Cl)cccc1Cl)c1ccccc1Br. The monoisotopic (exact) mass is 417 g/mol. The maximum atomic E-state index is 12.0. The Morgan fingerprint density at radius 1 is 1.09 bits per heavy atom. The smallest absolute Gasteiger partial charge is 0.252 e. The van der Waals surface area contributed by atoms with Gasteiger partial charge in [0.05, 0.1) is 5.56 Å². The van der Waals surface area contributed by atoms with E-state index in [1.54, 1.807) is 17.8 Å². The van der Waals surface area contributed by atoms with E-state index in [4.69, 9.17) is 23.2 Å². The lowest BCUT2D eigenvalue weighted by Gasteiger charge is -2.08. The molecule has 2 nitrogen and oxygen atoms in total. The van der Waals surface area contributed by atoms with Crippen LogP contribution in [0.3, 0.4) is 0 Å². The van der Waals surface area contributed by atoms with Crippen LogP contribution in [0.1, 0.15) is 15.9 Å². The van der Waals surface area contributed by atoms with Gasteiger partial charge >= 0.3 is 0 Å². The van der Waals surface area contributed by atoms with E-state index in [1.165, 1.54) is 0 Å². The second-order valence-electron chi connectivity index (χ2n) is 4.49. The minimum absolute atomic E-state index is 0.0798. The van der Waals surface area contributed by atoms with Gasteiger partial charge in [-0.25, -0.2) is 0 Å². The van der Waals surface area contributed by atoms with Gasteiger partial charge < -0.3 is 5.32 Å². The van der Waals surface area contributed by atoms with Crippen LogP contribution >= 0.6 is 50.9 Å². The summed E-state index contributed by atoms with van der Waals surface area (Å²) in [7, 11) is 0. The van der Waals surface area contributed by atoms with Crippen molar-refractivity contribution in [2.75, 3.05) is 12.3 Å². The predicted molar refractivity (Wildman–Crippen MR) is 99.1 cm³/mol. The normalized spacial score (nSPS) is 10.5. The zero-order valence-corrected chi connectivity index (χ0v) is 15.5. The van der Waals surface area contributed by atoms with E-state index in [0.717, 1.165) is 21.5 Å². The molecule has 0 bridgehead atoms. The fraction of sp³-hybridized carbons (Fsp3) is 0.188. The molecule has 2 rings (SSSR count). The number of thioether (sulfide) groups is 1. The van der Waals surface area contributed by atoms with Crippen molar-refractivity contribution < 1.29 is 4.79 Å². The van der Waals surface area contributed by atoms with E-state index in [2.05, 4.69) is 21.2 Å². The van der Waals surface area contributed by atoms with Crippen molar-refractivity contribution in [1.29, 1.82) is 0 Å². The highest BCUT2D eigenvalue weighted by molar-refractivity contribution is 9.10. The predicted octanol–water partition coefficient (Wildman–Crippen LogP) is 5.42. The van der Waals surface area contributed by atoms with Gasteiger partial charge in [-0.05, 0) is 45.8 Å². The number of carbonyl (C=O) groups excluding carboxylic acids is 1. The van der Waals surface area contributed by atoms with Crippen LogP contribution in [0.5, 0.6) is 0 Å². The standard InChI is InChI=1S/C16H14BrCl2NOS/c17-13-5-2-1-4-11(13)16(21)20-8-9-22-10-12-14(18)6-3-7-15(12)19/h1-7H,8-10H2,(H,20,21). The molecule has 0 unspecified atom stereocenters. The van der Waals surface area contributed by atoms with Crippen LogP contribution in [-0.2, 0) is 5.75 Å². The molecule has 0 radical (unpaired) electrons. The summed E-state index contributed by atoms with van der Waals surface area (Å²) < 4.78 is 0.794. The number of halogens is 3. The highest BCUT2D eigenvalue weighted by atomic mass is 79.9. The van der Waals surface area contributed by atoms with Gasteiger partial charge in [-0.15, -0.1) is 0 Å². The Labute approximate surface area is 152 Å². The molecular weight excluding hydrogens is 405 g/mol. The molecule has 0 heterocycles. The minimum Gasteiger partial charge on any atom is -0.351 e. The average Bonchev–Trinajstić information content (AvgIpc) is 2.49. The van der Waals surface area contributed by atoms with Gasteiger partial charge in [-0.1, -0.05) is 41.4 Å². The third-order valence-corrected chi connectivity index (χ3v) is 5.34. The molecule has 6 heteroatoms. The lowest BCUT2D eigenvalue weighted by molar-refractivity contribution is 0.0955. The zero-order valence-electron chi connectivity index (χ0n) is 11.6. The molecule has 1 N–H and O–H groups in total. The fourth-order valence-corrected chi connectivity index (χ4v) is 3.88. The van der Waals surface area contributed by atoms with Crippen LogP contribution in [-0.4, -0.2) is 18.2 Å². The van der Waals surface area contributed by atoms with Crippen LogP contribution in [0.15, 0.2) is 46.9 Å². The summed E-state index contributed by atoms with van der Waals surface area (Å²) in [6.45, 7) is 0.590. The highest BCUT2D eigenvalue weighted by Crippen LogP contribution is 2.28. The Morgan fingerprint density at radius 2 is 1.77 bits per heavy atom. The van der Waals surface area contributed by atoms with E-state index in [9.17, 15) is 4.79 Å². The van der Waals surface area contributed by atoms with E-state index >= 15 is 0 Å². The molecular formula is C16H14BrCl2NOS. The second-order valence-corrected chi connectivity index (χ2v) is 7.26. The summed E-state index contributed by atoms with van der Waals surface area (Å²) in [5.41, 5.74) is 1.58. The van der Waals surface area contributed by atoms with Gasteiger partial charge in [-0.3, -0.25) is 4.79 Å². The van der Waals surface area contributed by atoms with Crippen molar-refractivity contribution in [2.45, 2.75) is 5.75 Å². The summed E-state index contributed by atoms with van der Waals surface area (Å²) in [6.07, 6.45) is 0. The number of rotatable bonds is 6. The molecule has 2 aromatic carbocycles. The molecule has 0 spiro atoms. The third kappa shape index (κ3) is 4.92. The van der Waals surface area contributed by atoms with Gasteiger partial charge in [0.25, 0.3) is 5.91 Å². The number of hydrogen-bond donors (Lipinski definition) is 1. The Kier molecular flexibility index (Phi) is 7.09. The van der Waals surface area contributed by atoms with E-state index in [1.807, 2.05) is 36.4 Å². The van der Waals surface area contributed by atoms with Crippen LogP contribution in [0, 0.1) is 0 Å². The Hall–Kier alpha value is -0.680. The molecule has 2 aromatic rings. The van der Waals surface area contributed by atoms with E-state index in [-0.39, 0.29) is 5.91 Å². The molecule has 0 fully saturated rings. The number of nitrogens with one attached hydrogen (secondary N) is 1. The van der Waals surface area contributed by atoms with Gasteiger partial charge in [0.1, 0.15) is 0 Å². The van der Waals surface area contributed by atoms with Crippen molar-refractivity contribution in [3.05, 3.63) is 68.1 Å². The molecule has 0 aliphatic rings. The maximum Gasteiger partial charge on any atom is 0.252 e. The summed E-state index contributed by atoms with van der Waals surface area (Å²) >= 11 is 17.3. The van der Waals surface area contributed by atoms with E-state index in [0.29, 0.717) is 22.2 Å². The molecule has 116 valence electrons. The van der Waals surface area contributed by atoms with Crippen LogP contribution in [0.2, 0.25) is 10.0 Å². The first-order chi connectivity index (χ1) is 10.6. The number of amides is 1. The summed E-state index contributed by atoms with van der Waals surface area (Å²) in [4.78, 5) is 12.0. The molecule has 1 amide bonds. The molecule has 0 aromatic heterocycles. The minimum atomic E-state index is -0.0798. The van der Waals surface area contributed by atoms with E-state index < -0.39 is 0 Å². The first-order valence-corrected chi connectivity index (χ1v) is 9.33. The van der Waals surface area contributed by atoms with Crippen molar-refractivity contribution in [1.82, 2.24) is 5.32 Å². The lowest BCUT2D eigenvalue weighted by atomic mass is 10.2. The van der Waals surface area contributed by atoms with Gasteiger partial charge in [0.15, 0.2) is 0 Å². The lowest BCUT2D eigenvalue weighted by Crippen LogP contribution is -2.26. The number of hydrogen-bond acceptors (Lipinski definition) is 2. The quantitative estimate of drug-likeness (QED) is 0.634.